The minimum Gasteiger partial charge on any atom is -0.339 e. The molecular weight excluding hydrogens is 598 g/mol. The van der Waals surface area contributed by atoms with E-state index in [0.29, 0.717) is 43.7 Å². The Bertz CT molecular complexity index is 1390. The number of hydrogen-bond acceptors (Lipinski definition) is 14. The number of aliphatic imine (C=N–C) groups is 1. The number of nitrogens with one attached hydrogen (secondary N) is 3. The molecule has 0 aliphatic carbocycles. The predicted molar refractivity (Wildman–Crippen MR) is 159 cm³/mol. The number of benzene rings is 1. The quantitative estimate of drug-likeness (QED) is 0.0568. The molecule has 1 aromatic carbocycles. The lowest BCUT2D eigenvalue weighted by Crippen LogP contribution is -2.59. The first-order valence-corrected chi connectivity index (χ1v) is 13.9. The maximum absolute atomic E-state index is 13.4. The fraction of sp³-hybridized carbons (Fsp3) is 0.478. The maximum Gasteiger partial charge on any atom is 0.353 e. The van der Waals surface area contributed by atoms with Gasteiger partial charge in [-0.25, -0.2) is 31.5 Å². The number of likely N-dealkylation sites (tertiary alicyclic amines) is 1. The van der Waals surface area contributed by atoms with Crippen molar-refractivity contribution in [3.63, 3.8) is 0 Å². The van der Waals surface area contributed by atoms with Gasteiger partial charge in [-0.05, 0) is 44.9 Å². The SMILES string of the molecule is CC(C)N(N)C(=O)N(N)c1cccc(C(=O)N2CCC3(CC2)CN(N)C(NC(=O)C2=NC(Cl)=C(N=NN)NC2N=NN)N3)c1. The fourth-order valence-electron chi connectivity index (χ4n) is 4.97. The number of piperidine rings is 1. The summed E-state index contributed by atoms with van der Waals surface area (Å²) in [4.78, 5) is 44.8. The van der Waals surface area contributed by atoms with Gasteiger partial charge in [0.1, 0.15) is 6.29 Å². The van der Waals surface area contributed by atoms with Crippen LogP contribution in [0.3, 0.4) is 0 Å². The van der Waals surface area contributed by atoms with Crippen LogP contribution in [0.4, 0.5) is 10.5 Å². The zero-order valence-corrected chi connectivity index (χ0v) is 24.8. The first-order valence-electron chi connectivity index (χ1n) is 13.5. The summed E-state index contributed by atoms with van der Waals surface area (Å²) in [6.45, 7) is 4.72. The summed E-state index contributed by atoms with van der Waals surface area (Å²) >= 11 is 6.10. The van der Waals surface area contributed by atoms with Gasteiger partial charge in [-0.3, -0.25) is 25.8 Å². The van der Waals surface area contributed by atoms with Crippen LogP contribution in [-0.2, 0) is 4.79 Å². The highest BCUT2D eigenvalue weighted by Crippen LogP contribution is 2.29. The van der Waals surface area contributed by atoms with Crippen LogP contribution in [0.15, 0.2) is 60.9 Å². The van der Waals surface area contributed by atoms with Gasteiger partial charge in [0, 0.05) is 36.8 Å². The highest BCUT2D eigenvalue weighted by Gasteiger charge is 2.46. The standard InChI is InChI=1S/C23H36ClN17O3/c1-12(2)40(28)22(44)41(29)14-5-3-4-13(10-14)20(43)38-8-6-23(7-9-38)11-39(27)21(33-23)32-19(42)15-17(34-36-25)31-18(35-37-26)16(24)30-15/h3-5,10,12,17,21,31,33H,6-9,11,27-29H2,1-2H3,(H2,25,34)(H2,26,35)(H,32,42). The number of carbonyl (C=O) groups is 3. The van der Waals surface area contributed by atoms with E-state index in [9.17, 15) is 14.4 Å². The molecule has 44 heavy (non-hydrogen) atoms. The molecule has 0 bridgehead atoms. The molecule has 2 unspecified atom stereocenters. The van der Waals surface area contributed by atoms with Crippen LogP contribution in [0.5, 0.6) is 0 Å². The number of carbonyl (C=O) groups excluding carboxylic acids is 3. The van der Waals surface area contributed by atoms with Crippen LogP contribution in [0.25, 0.3) is 0 Å². The summed E-state index contributed by atoms with van der Waals surface area (Å²) in [5.41, 5.74) is 0.0716. The van der Waals surface area contributed by atoms with E-state index in [2.05, 4.69) is 41.6 Å². The third-order valence-electron chi connectivity index (χ3n) is 7.41. The molecule has 3 heterocycles. The maximum atomic E-state index is 13.4. The second kappa shape index (κ2) is 13.4. The average molecular weight is 634 g/mol. The molecule has 0 saturated carbocycles. The molecule has 3 aliphatic rings. The number of halogens is 1. The Morgan fingerprint density at radius 3 is 2.52 bits per heavy atom. The molecule has 2 atom stereocenters. The molecule has 3 aliphatic heterocycles. The van der Waals surface area contributed by atoms with Crippen molar-refractivity contribution in [3.8, 4) is 0 Å². The molecule has 13 N–H and O–H groups in total. The van der Waals surface area contributed by atoms with Gasteiger partial charge in [0.25, 0.3) is 11.8 Å². The first kappa shape index (κ1) is 32.4. The van der Waals surface area contributed by atoms with Gasteiger partial charge in [0.05, 0.1) is 5.69 Å². The van der Waals surface area contributed by atoms with E-state index in [1.807, 2.05) is 0 Å². The third-order valence-corrected chi connectivity index (χ3v) is 7.67. The Morgan fingerprint density at radius 1 is 1.18 bits per heavy atom. The topological polar surface area (TPSA) is 292 Å². The Hall–Kier alpha value is -4.47. The number of urea groups is 1. The van der Waals surface area contributed by atoms with E-state index in [1.165, 1.54) is 5.01 Å². The fourth-order valence-corrected chi connectivity index (χ4v) is 5.16. The largest absolute Gasteiger partial charge is 0.353 e. The molecule has 238 valence electrons. The van der Waals surface area contributed by atoms with E-state index in [-0.39, 0.29) is 28.6 Å². The minimum absolute atomic E-state index is 0.0169. The van der Waals surface area contributed by atoms with Gasteiger partial charge < -0.3 is 27.2 Å². The third kappa shape index (κ3) is 6.85. The molecular formula is C23H36ClN17O3. The number of anilines is 1. The Balaban J connectivity index is 1.38. The Kier molecular flexibility index (Phi) is 9.91. The summed E-state index contributed by atoms with van der Waals surface area (Å²) < 4.78 is 0. The zero-order chi connectivity index (χ0) is 32.2. The lowest BCUT2D eigenvalue weighted by atomic mass is 9.88. The number of hydrazine groups is 3. The number of nitrogens with zero attached hydrogens (tertiary/aromatic N) is 9. The van der Waals surface area contributed by atoms with Gasteiger partial charge in [0.2, 0.25) is 0 Å². The van der Waals surface area contributed by atoms with Crippen molar-refractivity contribution in [2.45, 2.75) is 50.7 Å². The van der Waals surface area contributed by atoms with Gasteiger partial charge in [-0.2, -0.15) is 0 Å². The second-order valence-electron chi connectivity index (χ2n) is 10.6. The summed E-state index contributed by atoms with van der Waals surface area (Å²) in [5.74, 6) is 27.4. The van der Waals surface area contributed by atoms with Crippen LogP contribution in [0.2, 0.25) is 0 Å². The van der Waals surface area contributed by atoms with Crippen molar-refractivity contribution in [2.75, 3.05) is 24.6 Å². The zero-order valence-electron chi connectivity index (χ0n) is 24.1. The first-order chi connectivity index (χ1) is 20.9. The van der Waals surface area contributed by atoms with Crippen molar-refractivity contribution in [1.82, 2.24) is 30.9 Å². The molecule has 4 amide bonds. The molecule has 20 nitrogen and oxygen atoms in total. The van der Waals surface area contributed by atoms with Gasteiger partial charge >= 0.3 is 6.03 Å². The smallest absolute Gasteiger partial charge is 0.339 e. The highest BCUT2D eigenvalue weighted by molar-refractivity contribution is 6.43. The van der Waals surface area contributed by atoms with E-state index in [4.69, 9.17) is 40.8 Å². The van der Waals surface area contributed by atoms with Crippen LogP contribution >= 0.6 is 11.6 Å². The van der Waals surface area contributed by atoms with Crippen molar-refractivity contribution in [2.24, 2.45) is 54.9 Å². The van der Waals surface area contributed by atoms with Crippen molar-refractivity contribution in [3.05, 3.63) is 40.8 Å². The predicted octanol–water partition coefficient (Wildman–Crippen LogP) is -1.39. The molecule has 21 heteroatoms. The monoisotopic (exact) mass is 633 g/mol. The van der Waals surface area contributed by atoms with Gasteiger partial charge in [-0.1, -0.05) is 28.1 Å². The summed E-state index contributed by atoms with van der Waals surface area (Å²) in [5, 5.41) is 25.8. The van der Waals surface area contributed by atoms with E-state index in [1.54, 1.807) is 43.0 Å². The van der Waals surface area contributed by atoms with Gasteiger partial charge in [-0.15, -0.1) is 10.2 Å². The van der Waals surface area contributed by atoms with Crippen molar-refractivity contribution < 1.29 is 14.4 Å². The van der Waals surface area contributed by atoms with E-state index < -0.39 is 29.9 Å². The normalized spacial score (nSPS) is 22.1. The number of rotatable bonds is 7. The molecule has 2 saturated heterocycles. The van der Waals surface area contributed by atoms with Crippen LogP contribution in [0, 0.1) is 0 Å². The lowest BCUT2D eigenvalue weighted by molar-refractivity contribution is -0.116. The van der Waals surface area contributed by atoms with Crippen molar-refractivity contribution >= 4 is 40.8 Å². The van der Waals surface area contributed by atoms with Crippen LogP contribution in [-0.4, -0.2) is 82.1 Å². The van der Waals surface area contributed by atoms with Crippen LogP contribution in [0.1, 0.15) is 37.0 Å². The molecule has 1 spiro atoms. The molecule has 2 fully saturated rings. The van der Waals surface area contributed by atoms with E-state index >= 15 is 0 Å². The average Bonchev–Trinajstić information content (AvgIpc) is 3.30. The summed E-state index contributed by atoms with van der Waals surface area (Å²) in [6.07, 6.45) is -0.782. The number of amides is 4. The Labute approximate surface area is 257 Å². The lowest BCUT2D eigenvalue weighted by Gasteiger charge is -2.39. The van der Waals surface area contributed by atoms with Crippen molar-refractivity contribution in [1.29, 1.82) is 0 Å². The number of hydrogen-bond donors (Lipinski definition) is 8. The summed E-state index contributed by atoms with van der Waals surface area (Å²) in [7, 11) is 0. The van der Waals surface area contributed by atoms with Gasteiger partial charge in [0.15, 0.2) is 22.9 Å². The molecule has 0 aromatic heterocycles. The molecule has 0 radical (unpaired) electrons. The minimum atomic E-state index is -1.11. The summed E-state index contributed by atoms with van der Waals surface area (Å²) in [6, 6.07) is 5.58. The highest BCUT2D eigenvalue weighted by atomic mass is 35.5. The Morgan fingerprint density at radius 2 is 1.89 bits per heavy atom. The second-order valence-corrected chi connectivity index (χ2v) is 11.0. The molecule has 4 rings (SSSR count). The number of nitrogens with two attached hydrogens (primary N) is 5. The van der Waals surface area contributed by atoms with Crippen LogP contribution < -0.4 is 50.2 Å². The van der Waals surface area contributed by atoms with E-state index in [0.717, 1.165) is 10.0 Å². The molecule has 1 aromatic rings.